The SMILES string of the molecule is COc1ccc(C(=O)Nc2ccc(Nc3cc(C)nc(Nc4ccc(C)cc4)n3)cc2)cc1. The monoisotopic (exact) mass is 439 g/mol. The van der Waals surface area contributed by atoms with Crippen molar-refractivity contribution >= 4 is 34.7 Å². The van der Waals surface area contributed by atoms with E-state index in [1.165, 1.54) is 5.56 Å². The van der Waals surface area contributed by atoms with Gasteiger partial charge in [-0.25, -0.2) is 4.98 Å². The molecule has 4 aromatic rings. The number of nitrogens with zero attached hydrogens (tertiary/aromatic N) is 2. The van der Waals surface area contributed by atoms with Crippen LogP contribution in [0.3, 0.4) is 0 Å². The van der Waals surface area contributed by atoms with Crippen LogP contribution in [0.25, 0.3) is 0 Å². The minimum absolute atomic E-state index is 0.184. The highest BCUT2D eigenvalue weighted by Crippen LogP contribution is 2.21. The van der Waals surface area contributed by atoms with Crippen molar-refractivity contribution in [3.63, 3.8) is 0 Å². The Morgan fingerprint density at radius 2 is 1.36 bits per heavy atom. The number of rotatable bonds is 7. The van der Waals surface area contributed by atoms with Crippen molar-refractivity contribution in [1.29, 1.82) is 0 Å². The molecule has 0 atom stereocenters. The summed E-state index contributed by atoms with van der Waals surface area (Å²) in [4.78, 5) is 21.5. The van der Waals surface area contributed by atoms with Crippen molar-refractivity contribution in [2.75, 3.05) is 23.1 Å². The predicted molar refractivity (Wildman–Crippen MR) is 132 cm³/mol. The second-order valence-corrected chi connectivity index (χ2v) is 7.59. The topological polar surface area (TPSA) is 88.2 Å². The maximum atomic E-state index is 12.4. The fourth-order valence-corrected chi connectivity index (χ4v) is 3.18. The number of methoxy groups -OCH3 is 1. The minimum atomic E-state index is -0.184. The first-order chi connectivity index (χ1) is 16.0. The second kappa shape index (κ2) is 9.82. The third-order valence-electron chi connectivity index (χ3n) is 4.93. The molecule has 0 aliphatic carbocycles. The molecule has 33 heavy (non-hydrogen) atoms. The number of hydrogen-bond acceptors (Lipinski definition) is 6. The summed E-state index contributed by atoms with van der Waals surface area (Å²) >= 11 is 0. The van der Waals surface area contributed by atoms with E-state index in [1.807, 2.05) is 68.4 Å². The molecule has 0 unspecified atom stereocenters. The van der Waals surface area contributed by atoms with Gasteiger partial charge in [0.15, 0.2) is 0 Å². The summed E-state index contributed by atoms with van der Waals surface area (Å²) in [5, 5.41) is 9.41. The molecule has 0 saturated heterocycles. The number of ether oxygens (including phenoxy) is 1. The average molecular weight is 440 g/mol. The van der Waals surface area contributed by atoms with Gasteiger partial charge in [0.2, 0.25) is 5.95 Å². The van der Waals surface area contributed by atoms with Gasteiger partial charge in [-0.3, -0.25) is 4.79 Å². The van der Waals surface area contributed by atoms with Gasteiger partial charge in [-0.2, -0.15) is 4.98 Å². The van der Waals surface area contributed by atoms with Crippen molar-refractivity contribution in [3.8, 4) is 5.75 Å². The number of carbonyl (C=O) groups is 1. The van der Waals surface area contributed by atoms with Crippen molar-refractivity contribution in [2.45, 2.75) is 13.8 Å². The van der Waals surface area contributed by atoms with Gasteiger partial charge in [0.1, 0.15) is 11.6 Å². The van der Waals surface area contributed by atoms with Gasteiger partial charge >= 0.3 is 0 Å². The van der Waals surface area contributed by atoms with Crippen LogP contribution in [-0.2, 0) is 0 Å². The van der Waals surface area contributed by atoms with E-state index in [2.05, 4.69) is 25.9 Å². The predicted octanol–water partition coefficient (Wildman–Crippen LogP) is 5.84. The first-order valence-corrected chi connectivity index (χ1v) is 10.5. The lowest BCUT2D eigenvalue weighted by molar-refractivity contribution is 0.102. The number of carbonyl (C=O) groups excluding carboxylic acids is 1. The largest absolute Gasteiger partial charge is 0.497 e. The van der Waals surface area contributed by atoms with Gasteiger partial charge in [0.05, 0.1) is 7.11 Å². The van der Waals surface area contributed by atoms with Crippen LogP contribution in [0.2, 0.25) is 0 Å². The molecule has 0 radical (unpaired) electrons. The molecule has 0 saturated carbocycles. The van der Waals surface area contributed by atoms with Crippen molar-refractivity contribution in [3.05, 3.63) is 95.7 Å². The van der Waals surface area contributed by atoms with E-state index in [1.54, 1.807) is 31.4 Å². The Hall–Kier alpha value is -4.39. The van der Waals surface area contributed by atoms with Gasteiger partial charge in [0.25, 0.3) is 5.91 Å². The molecule has 1 aromatic heterocycles. The Morgan fingerprint density at radius 3 is 2.03 bits per heavy atom. The van der Waals surface area contributed by atoms with Crippen molar-refractivity contribution in [1.82, 2.24) is 9.97 Å². The van der Waals surface area contributed by atoms with Crippen molar-refractivity contribution in [2.24, 2.45) is 0 Å². The lowest BCUT2D eigenvalue weighted by Gasteiger charge is -2.11. The molecule has 0 fully saturated rings. The number of hydrogen-bond donors (Lipinski definition) is 3. The third kappa shape index (κ3) is 5.86. The summed E-state index contributed by atoms with van der Waals surface area (Å²) in [5.74, 6) is 1.72. The molecule has 166 valence electrons. The fraction of sp³-hybridized carbons (Fsp3) is 0.115. The Labute approximate surface area is 192 Å². The highest BCUT2D eigenvalue weighted by Gasteiger charge is 2.07. The quantitative estimate of drug-likeness (QED) is 0.335. The van der Waals surface area contributed by atoms with Gasteiger partial charge < -0.3 is 20.7 Å². The molecule has 0 bridgehead atoms. The zero-order valence-corrected chi connectivity index (χ0v) is 18.7. The van der Waals surface area contributed by atoms with Crippen LogP contribution < -0.4 is 20.7 Å². The first kappa shape index (κ1) is 21.8. The van der Waals surface area contributed by atoms with Crippen LogP contribution in [0, 0.1) is 13.8 Å². The zero-order chi connectivity index (χ0) is 23.2. The van der Waals surface area contributed by atoms with Crippen LogP contribution >= 0.6 is 0 Å². The maximum absolute atomic E-state index is 12.4. The van der Waals surface area contributed by atoms with E-state index >= 15 is 0 Å². The van der Waals surface area contributed by atoms with Gasteiger partial charge in [-0.1, -0.05) is 17.7 Å². The van der Waals surface area contributed by atoms with E-state index in [0.29, 0.717) is 28.8 Å². The van der Waals surface area contributed by atoms with Crippen molar-refractivity contribution < 1.29 is 9.53 Å². The maximum Gasteiger partial charge on any atom is 0.255 e. The number of aryl methyl sites for hydroxylation is 2. The number of aromatic nitrogens is 2. The highest BCUT2D eigenvalue weighted by atomic mass is 16.5. The molecular formula is C26H25N5O2. The highest BCUT2D eigenvalue weighted by molar-refractivity contribution is 6.04. The number of benzene rings is 3. The van der Waals surface area contributed by atoms with Gasteiger partial charge in [-0.05, 0) is 74.5 Å². The van der Waals surface area contributed by atoms with E-state index in [-0.39, 0.29) is 5.91 Å². The van der Waals surface area contributed by atoms with Crippen LogP contribution in [0.1, 0.15) is 21.6 Å². The summed E-state index contributed by atoms with van der Waals surface area (Å²) in [6.07, 6.45) is 0. The molecule has 3 N–H and O–H groups in total. The molecule has 4 rings (SSSR count). The lowest BCUT2D eigenvalue weighted by atomic mass is 10.2. The second-order valence-electron chi connectivity index (χ2n) is 7.59. The van der Waals surface area contributed by atoms with E-state index in [0.717, 1.165) is 17.1 Å². The normalized spacial score (nSPS) is 10.4. The van der Waals surface area contributed by atoms with Crippen LogP contribution in [0.5, 0.6) is 5.75 Å². The summed E-state index contributed by atoms with van der Waals surface area (Å²) in [6, 6.07) is 24.3. The zero-order valence-electron chi connectivity index (χ0n) is 18.7. The van der Waals surface area contributed by atoms with Gasteiger partial charge in [-0.15, -0.1) is 0 Å². The van der Waals surface area contributed by atoms with Crippen LogP contribution in [0.15, 0.2) is 78.9 Å². The standard InChI is InChI=1S/C26H25N5O2/c1-17-4-8-22(9-5-17)30-26-27-18(2)16-24(31-26)28-20-10-12-21(13-11-20)29-25(32)19-6-14-23(33-3)15-7-19/h4-16H,1-3H3,(H,29,32)(H2,27,28,30,31). The summed E-state index contributed by atoms with van der Waals surface area (Å²) in [5.41, 5.74) is 5.05. The molecule has 1 heterocycles. The van der Waals surface area contributed by atoms with E-state index < -0.39 is 0 Å². The summed E-state index contributed by atoms with van der Waals surface area (Å²) < 4.78 is 5.13. The van der Waals surface area contributed by atoms with E-state index in [9.17, 15) is 4.79 Å². The Bertz CT molecular complexity index is 1240. The molecule has 0 aliphatic heterocycles. The average Bonchev–Trinajstić information content (AvgIpc) is 2.81. The Balaban J connectivity index is 1.41. The molecule has 7 heteroatoms. The van der Waals surface area contributed by atoms with E-state index in [4.69, 9.17) is 4.74 Å². The van der Waals surface area contributed by atoms with Gasteiger partial charge in [0, 0.05) is 34.4 Å². The third-order valence-corrected chi connectivity index (χ3v) is 4.93. The molecule has 3 aromatic carbocycles. The number of anilines is 5. The Morgan fingerprint density at radius 1 is 0.758 bits per heavy atom. The fourth-order valence-electron chi connectivity index (χ4n) is 3.18. The molecule has 0 spiro atoms. The molecule has 1 amide bonds. The lowest BCUT2D eigenvalue weighted by Crippen LogP contribution is -2.11. The van der Waals surface area contributed by atoms with Crippen LogP contribution in [-0.4, -0.2) is 23.0 Å². The Kier molecular flexibility index (Phi) is 6.50. The van der Waals surface area contributed by atoms with Crippen LogP contribution in [0.4, 0.5) is 28.8 Å². The minimum Gasteiger partial charge on any atom is -0.497 e. The first-order valence-electron chi connectivity index (χ1n) is 10.5. The number of nitrogens with one attached hydrogen (secondary N) is 3. The number of amides is 1. The molecule has 7 nitrogen and oxygen atoms in total. The summed E-state index contributed by atoms with van der Waals surface area (Å²) in [6.45, 7) is 3.97. The smallest absolute Gasteiger partial charge is 0.255 e. The summed E-state index contributed by atoms with van der Waals surface area (Å²) in [7, 11) is 1.59. The molecule has 0 aliphatic rings. The molecular weight excluding hydrogens is 414 g/mol.